The van der Waals surface area contributed by atoms with E-state index in [4.69, 9.17) is 0 Å². The molecule has 3 heterocycles. The summed E-state index contributed by atoms with van der Waals surface area (Å²) >= 11 is 0. The van der Waals surface area contributed by atoms with Gasteiger partial charge in [0.2, 0.25) is 5.91 Å². The average molecular weight is 363 g/mol. The van der Waals surface area contributed by atoms with Crippen LogP contribution in [-0.2, 0) is 11.3 Å². The second-order valence-corrected chi connectivity index (χ2v) is 6.73. The number of likely N-dealkylation sites (tertiary alicyclic amines) is 1. The molecule has 1 N–H and O–H groups in total. The Morgan fingerprint density at radius 3 is 3.04 bits per heavy atom. The number of benzene rings is 1. The largest absolute Gasteiger partial charge is 0.326 e. The zero-order chi connectivity index (χ0) is 18.5. The lowest BCUT2D eigenvalue weighted by Gasteiger charge is -2.32. The van der Waals surface area contributed by atoms with Gasteiger partial charge in [0.05, 0.1) is 11.6 Å². The summed E-state index contributed by atoms with van der Waals surface area (Å²) in [7, 11) is 0. The number of pyridine rings is 1. The van der Waals surface area contributed by atoms with E-state index in [0.29, 0.717) is 0 Å². The molecule has 1 aliphatic heterocycles. The van der Waals surface area contributed by atoms with E-state index in [2.05, 4.69) is 36.8 Å². The van der Waals surface area contributed by atoms with Gasteiger partial charge in [-0.25, -0.2) is 4.68 Å². The minimum atomic E-state index is -0.0212. The van der Waals surface area contributed by atoms with Crippen LogP contribution >= 0.6 is 0 Å². The lowest BCUT2D eigenvalue weighted by atomic mass is 9.96. The van der Waals surface area contributed by atoms with Crippen LogP contribution in [0.5, 0.6) is 0 Å². The Hall–Kier alpha value is -3.13. The molecule has 1 saturated heterocycles. The topological polar surface area (TPSA) is 88.8 Å². The highest BCUT2D eigenvalue weighted by Gasteiger charge is 2.26. The van der Waals surface area contributed by atoms with Gasteiger partial charge in [0.15, 0.2) is 0 Å². The van der Waals surface area contributed by atoms with Gasteiger partial charge in [-0.1, -0.05) is 12.1 Å². The number of amides is 1. The summed E-state index contributed by atoms with van der Waals surface area (Å²) < 4.78 is 1.56. The molecular weight excluding hydrogens is 342 g/mol. The van der Waals surface area contributed by atoms with E-state index in [1.165, 1.54) is 11.9 Å². The van der Waals surface area contributed by atoms with Crippen molar-refractivity contribution in [3.05, 3.63) is 60.7 Å². The van der Waals surface area contributed by atoms with Gasteiger partial charge in [-0.15, -0.1) is 5.10 Å². The van der Waals surface area contributed by atoms with E-state index in [9.17, 15) is 4.79 Å². The van der Waals surface area contributed by atoms with Crippen molar-refractivity contribution in [1.82, 2.24) is 30.1 Å². The van der Waals surface area contributed by atoms with Gasteiger partial charge in [0, 0.05) is 31.2 Å². The first kappa shape index (κ1) is 17.3. The van der Waals surface area contributed by atoms with Crippen molar-refractivity contribution in [2.45, 2.75) is 19.4 Å². The van der Waals surface area contributed by atoms with Crippen molar-refractivity contribution in [3.8, 4) is 5.69 Å². The fraction of sp³-hybridized carbons (Fsp3) is 0.316. The van der Waals surface area contributed by atoms with Gasteiger partial charge < -0.3 is 5.32 Å². The Balaban J connectivity index is 1.38. The molecule has 1 unspecified atom stereocenters. The smallest absolute Gasteiger partial charge is 0.228 e. The molecule has 0 spiro atoms. The SMILES string of the molecule is O=C(Nc1cccc(-n2cnnn2)c1)C1CCCN(Cc2cccnc2)C1. The molecule has 0 radical (unpaired) electrons. The van der Waals surface area contributed by atoms with E-state index in [-0.39, 0.29) is 11.8 Å². The van der Waals surface area contributed by atoms with E-state index >= 15 is 0 Å². The molecule has 0 saturated carbocycles. The lowest BCUT2D eigenvalue weighted by molar-refractivity contribution is -0.121. The quantitative estimate of drug-likeness (QED) is 0.745. The van der Waals surface area contributed by atoms with Crippen molar-refractivity contribution in [2.24, 2.45) is 5.92 Å². The second-order valence-electron chi connectivity index (χ2n) is 6.73. The second kappa shape index (κ2) is 8.05. The number of hydrogen-bond donors (Lipinski definition) is 1. The van der Waals surface area contributed by atoms with Crippen LogP contribution in [0.3, 0.4) is 0 Å². The molecule has 1 aliphatic rings. The summed E-state index contributed by atoms with van der Waals surface area (Å²) in [5.41, 5.74) is 2.73. The molecule has 27 heavy (non-hydrogen) atoms. The molecule has 1 aromatic carbocycles. The Bertz CT molecular complexity index is 882. The van der Waals surface area contributed by atoms with Gasteiger partial charge in [-0.05, 0) is 59.6 Å². The van der Waals surface area contributed by atoms with E-state index in [0.717, 1.165) is 43.9 Å². The number of hydrogen-bond acceptors (Lipinski definition) is 6. The van der Waals surface area contributed by atoms with Crippen LogP contribution in [0.2, 0.25) is 0 Å². The number of anilines is 1. The zero-order valence-electron chi connectivity index (χ0n) is 14.9. The van der Waals surface area contributed by atoms with Crippen molar-refractivity contribution in [2.75, 3.05) is 18.4 Å². The summed E-state index contributed by atoms with van der Waals surface area (Å²) in [5.74, 6) is 0.0341. The summed E-state index contributed by atoms with van der Waals surface area (Å²) in [6.45, 7) is 2.59. The summed E-state index contributed by atoms with van der Waals surface area (Å²) in [6, 6.07) is 11.5. The normalized spacial score (nSPS) is 17.6. The molecule has 0 bridgehead atoms. The van der Waals surface area contributed by atoms with Crippen molar-refractivity contribution >= 4 is 11.6 Å². The van der Waals surface area contributed by atoms with Crippen LogP contribution in [0, 0.1) is 5.92 Å². The average Bonchev–Trinajstić information content (AvgIpc) is 3.24. The number of nitrogens with one attached hydrogen (secondary N) is 1. The molecule has 0 aliphatic carbocycles. The number of aromatic nitrogens is 5. The van der Waals surface area contributed by atoms with Crippen LogP contribution in [-0.4, -0.2) is 49.1 Å². The number of nitrogens with zero attached hydrogens (tertiary/aromatic N) is 6. The first-order valence-electron chi connectivity index (χ1n) is 9.03. The maximum atomic E-state index is 12.8. The fourth-order valence-electron chi connectivity index (χ4n) is 3.41. The molecule has 1 atom stereocenters. The zero-order valence-corrected chi connectivity index (χ0v) is 14.9. The maximum Gasteiger partial charge on any atom is 0.228 e. The predicted molar refractivity (Wildman–Crippen MR) is 100 cm³/mol. The number of piperidine rings is 1. The molecule has 2 aromatic heterocycles. The molecule has 1 amide bonds. The standard InChI is InChI=1S/C19H21N7O/c27-19(22-17-6-1-7-18(10-17)26-14-21-23-24-26)16-5-3-9-25(13-16)12-15-4-2-8-20-11-15/h1-2,4,6-8,10-11,14,16H,3,5,9,12-13H2,(H,22,27). The fourth-order valence-corrected chi connectivity index (χ4v) is 3.41. The number of carbonyl (C=O) groups excluding carboxylic acids is 1. The lowest BCUT2D eigenvalue weighted by Crippen LogP contribution is -2.40. The summed E-state index contributed by atoms with van der Waals surface area (Å²) in [5, 5.41) is 14.2. The molecular formula is C19H21N7O. The van der Waals surface area contributed by atoms with Crippen molar-refractivity contribution < 1.29 is 4.79 Å². The Kier molecular flexibility index (Phi) is 5.15. The monoisotopic (exact) mass is 363 g/mol. The van der Waals surface area contributed by atoms with E-state index < -0.39 is 0 Å². The Morgan fingerprint density at radius 2 is 2.22 bits per heavy atom. The number of tetrazole rings is 1. The molecule has 8 nitrogen and oxygen atoms in total. The molecule has 1 fully saturated rings. The van der Waals surface area contributed by atoms with Gasteiger partial charge in [-0.2, -0.15) is 0 Å². The first-order chi connectivity index (χ1) is 13.3. The third-order valence-corrected chi connectivity index (χ3v) is 4.73. The summed E-state index contributed by atoms with van der Waals surface area (Å²) in [6.07, 6.45) is 7.11. The maximum absolute atomic E-state index is 12.8. The van der Waals surface area contributed by atoms with E-state index in [1.807, 2.05) is 36.5 Å². The minimum absolute atomic E-state index is 0.0212. The molecule has 4 rings (SSSR count). The minimum Gasteiger partial charge on any atom is -0.326 e. The molecule has 3 aromatic rings. The van der Waals surface area contributed by atoms with Gasteiger partial charge in [0.25, 0.3) is 0 Å². The highest BCUT2D eigenvalue weighted by Crippen LogP contribution is 2.21. The van der Waals surface area contributed by atoms with Crippen LogP contribution < -0.4 is 5.32 Å². The van der Waals surface area contributed by atoms with Gasteiger partial charge in [0.1, 0.15) is 6.33 Å². The first-order valence-corrected chi connectivity index (χ1v) is 9.03. The van der Waals surface area contributed by atoms with E-state index in [1.54, 1.807) is 10.9 Å². The van der Waals surface area contributed by atoms with Crippen LogP contribution in [0.15, 0.2) is 55.1 Å². The highest BCUT2D eigenvalue weighted by molar-refractivity contribution is 5.93. The van der Waals surface area contributed by atoms with Crippen LogP contribution in [0.1, 0.15) is 18.4 Å². The number of rotatable bonds is 5. The molecule has 138 valence electrons. The summed E-state index contributed by atoms with van der Waals surface area (Å²) in [4.78, 5) is 19.3. The molecule has 8 heteroatoms. The van der Waals surface area contributed by atoms with Crippen LogP contribution in [0.25, 0.3) is 5.69 Å². The van der Waals surface area contributed by atoms with Crippen molar-refractivity contribution in [3.63, 3.8) is 0 Å². The van der Waals surface area contributed by atoms with Gasteiger partial charge in [-0.3, -0.25) is 14.7 Å². The predicted octanol–water partition coefficient (Wildman–Crippen LogP) is 1.91. The highest BCUT2D eigenvalue weighted by atomic mass is 16.1. The van der Waals surface area contributed by atoms with Crippen molar-refractivity contribution in [1.29, 1.82) is 0 Å². The third kappa shape index (κ3) is 4.35. The third-order valence-electron chi connectivity index (χ3n) is 4.73. The number of carbonyl (C=O) groups is 1. The van der Waals surface area contributed by atoms with Gasteiger partial charge >= 0.3 is 0 Å². The Morgan fingerprint density at radius 1 is 1.26 bits per heavy atom. The van der Waals surface area contributed by atoms with Crippen LogP contribution in [0.4, 0.5) is 5.69 Å². The Labute approximate surface area is 157 Å².